The number of amides is 1. The van der Waals surface area contributed by atoms with E-state index < -0.39 is 0 Å². The zero-order valence-corrected chi connectivity index (χ0v) is 13.1. The number of rotatable bonds is 6. The first-order valence-electron chi connectivity index (χ1n) is 7.73. The van der Waals surface area contributed by atoms with E-state index in [4.69, 9.17) is 4.74 Å². The summed E-state index contributed by atoms with van der Waals surface area (Å²) in [6.45, 7) is 6.91. The van der Waals surface area contributed by atoms with Gasteiger partial charge in [-0.3, -0.25) is 9.69 Å². The van der Waals surface area contributed by atoms with Gasteiger partial charge in [0.2, 0.25) is 5.91 Å². The van der Waals surface area contributed by atoms with Crippen molar-refractivity contribution in [2.24, 2.45) is 0 Å². The molecule has 0 unspecified atom stereocenters. The van der Waals surface area contributed by atoms with Crippen LogP contribution in [0.15, 0.2) is 48.6 Å². The molecule has 1 N–H and O–H groups in total. The molecule has 0 atom stereocenters. The van der Waals surface area contributed by atoms with Crippen LogP contribution in [0.1, 0.15) is 18.1 Å². The Labute approximate surface area is 132 Å². The van der Waals surface area contributed by atoms with Crippen molar-refractivity contribution in [1.29, 1.82) is 0 Å². The number of hydrogen-bond acceptors (Lipinski definition) is 3. The van der Waals surface area contributed by atoms with Gasteiger partial charge in [-0.1, -0.05) is 42.5 Å². The van der Waals surface area contributed by atoms with E-state index >= 15 is 0 Å². The highest BCUT2D eigenvalue weighted by molar-refractivity contribution is 5.87. The average Bonchev–Trinajstić information content (AvgIpc) is 2.55. The maximum atomic E-state index is 11.7. The van der Waals surface area contributed by atoms with Crippen molar-refractivity contribution >= 4 is 5.91 Å². The Morgan fingerprint density at radius 1 is 1.23 bits per heavy atom. The molecule has 0 bridgehead atoms. The van der Waals surface area contributed by atoms with Gasteiger partial charge in [0.1, 0.15) is 0 Å². The van der Waals surface area contributed by atoms with Crippen LogP contribution in [0.25, 0.3) is 0 Å². The number of carbonyl (C=O) groups excluding carboxylic acids is 1. The van der Waals surface area contributed by atoms with Gasteiger partial charge in [0.15, 0.2) is 0 Å². The molecule has 4 heteroatoms. The number of nitrogens with one attached hydrogen (secondary N) is 1. The Balaban J connectivity index is 1.91. The fourth-order valence-electron chi connectivity index (χ4n) is 2.38. The van der Waals surface area contributed by atoms with Crippen molar-refractivity contribution in [3.8, 4) is 0 Å². The third-order valence-corrected chi connectivity index (χ3v) is 3.62. The summed E-state index contributed by atoms with van der Waals surface area (Å²) in [4.78, 5) is 14.1. The number of nitrogens with zero attached hydrogens (tertiary/aromatic N) is 1. The second-order valence-electron chi connectivity index (χ2n) is 5.26. The summed E-state index contributed by atoms with van der Waals surface area (Å²) in [7, 11) is 0. The molecule has 0 spiro atoms. The number of carbonyl (C=O) groups is 1. The number of allylic oxidation sites excluding steroid dienone is 3. The first-order valence-corrected chi connectivity index (χ1v) is 7.73. The molecule has 1 aliphatic heterocycles. The Kier molecular flexibility index (Phi) is 6.87. The highest BCUT2D eigenvalue weighted by Gasteiger charge is 2.12. The second kappa shape index (κ2) is 9.18. The van der Waals surface area contributed by atoms with Crippen LogP contribution < -0.4 is 5.32 Å². The Morgan fingerprint density at radius 3 is 2.68 bits per heavy atom. The first kappa shape index (κ1) is 16.5. The molecule has 1 aliphatic rings. The number of ether oxygens (including phenoxy) is 1. The average molecular weight is 300 g/mol. The molecular weight excluding hydrogens is 276 g/mol. The Bertz CT molecular complexity index is 532. The van der Waals surface area contributed by atoms with E-state index in [1.807, 2.05) is 31.2 Å². The molecule has 0 saturated carbocycles. The van der Waals surface area contributed by atoms with Gasteiger partial charge < -0.3 is 10.1 Å². The molecule has 1 aromatic carbocycles. The quantitative estimate of drug-likeness (QED) is 0.647. The Morgan fingerprint density at radius 2 is 1.95 bits per heavy atom. The zero-order chi connectivity index (χ0) is 15.6. The minimum atomic E-state index is -0.0701. The van der Waals surface area contributed by atoms with Gasteiger partial charge in [0.05, 0.1) is 13.2 Å². The van der Waals surface area contributed by atoms with Gasteiger partial charge in [-0.05, 0) is 18.1 Å². The molecule has 1 heterocycles. The predicted molar refractivity (Wildman–Crippen MR) is 88.3 cm³/mol. The van der Waals surface area contributed by atoms with Gasteiger partial charge >= 0.3 is 0 Å². The van der Waals surface area contributed by atoms with Gasteiger partial charge in [0, 0.05) is 32.3 Å². The SMILES string of the molecule is C/C=C/C=C/C(=O)NCc1ccccc1CN1CCOCC1. The van der Waals surface area contributed by atoms with Crippen LogP contribution in [0.3, 0.4) is 0 Å². The highest BCUT2D eigenvalue weighted by atomic mass is 16.5. The van der Waals surface area contributed by atoms with Gasteiger partial charge in [-0.25, -0.2) is 0 Å². The molecule has 22 heavy (non-hydrogen) atoms. The van der Waals surface area contributed by atoms with E-state index in [2.05, 4.69) is 22.3 Å². The molecule has 0 radical (unpaired) electrons. The summed E-state index contributed by atoms with van der Waals surface area (Å²) in [5.41, 5.74) is 2.43. The molecular formula is C18H24N2O2. The van der Waals surface area contributed by atoms with Crippen LogP contribution in [-0.2, 0) is 22.6 Å². The molecule has 4 nitrogen and oxygen atoms in total. The van der Waals surface area contributed by atoms with Gasteiger partial charge in [-0.2, -0.15) is 0 Å². The predicted octanol–water partition coefficient (Wildman–Crippen LogP) is 2.27. The lowest BCUT2D eigenvalue weighted by Crippen LogP contribution is -2.36. The monoisotopic (exact) mass is 300 g/mol. The van der Waals surface area contributed by atoms with Crippen molar-refractivity contribution in [1.82, 2.24) is 10.2 Å². The standard InChI is InChI=1S/C18H24N2O2/c1-2-3-4-9-18(21)19-14-16-7-5-6-8-17(16)15-20-10-12-22-13-11-20/h2-9H,10-15H2,1H3,(H,19,21)/b3-2+,9-4+. The summed E-state index contributed by atoms with van der Waals surface area (Å²) in [6, 6.07) is 8.27. The maximum Gasteiger partial charge on any atom is 0.244 e. The number of hydrogen-bond donors (Lipinski definition) is 1. The van der Waals surface area contributed by atoms with Crippen molar-refractivity contribution < 1.29 is 9.53 Å². The van der Waals surface area contributed by atoms with Crippen molar-refractivity contribution in [2.75, 3.05) is 26.3 Å². The molecule has 0 aromatic heterocycles. The van der Waals surface area contributed by atoms with Gasteiger partial charge in [-0.15, -0.1) is 0 Å². The van der Waals surface area contributed by atoms with E-state index in [1.54, 1.807) is 12.2 Å². The second-order valence-corrected chi connectivity index (χ2v) is 5.26. The minimum absolute atomic E-state index is 0.0701. The molecule has 118 valence electrons. The van der Waals surface area contributed by atoms with E-state index in [0.717, 1.165) is 32.8 Å². The highest BCUT2D eigenvalue weighted by Crippen LogP contribution is 2.12. The van der Waals surface area contributed by atoms with E-state index in [9.17, 15) is 4.79 Å². The van der Waals surface area contributed by atoms with Crippen LogP contribution >= 0.6 is 0 Å². The van der Waals surface area contributed by atoms with Crippen LogP contribution in [0.4, 0.5) is 0 Å². The van der Waals surface area contributed by atoms with Crippen LogP contribution in [0.2, 0.25) is 0 Å². The minimum Gasteiger partial charge on any atom is -0.379 e. The zero-order valence-electron chi connectivity index (χ0n) is 13.1. The van der Waals surface area contributed by atoms with Gasteiger partial charge in [0.25, 0.3) is 0 Å². The van der Waals surface area contributed by atoms with Crippen LogP contribution in [-0.4, -0.2) is 37.1 Å². The van der Waals surface area contributed by atoms with Crippen molar-refractivity contribution in [3.63, 3.8) is 0 Å². The summed E-state index contributed by atoms with van der Waals surface area (Å²) in [5.74, 6) is -0.0701. The normalized spacial score (nSPS) is 16.4. The molecule has 1 fully saturated rings. The number of benzene rings is 1. The summed E-state index contributed by atoms with van der Waals surface area (Å²) in [6.07, 6.45) is 7.02. The van der Waals surface area contributed by atoms with Crippen molar-refractivity contribution in [2.45, 2.75) is 20.0 Å². The fourth-order valence-corrected chi connectivity index (χ4v) is 2.38. The third kappa shape index (κ3) is 5.47. The van der Waals surface area contributed by atoms with E-state index in [-0.39, 0.29) is 5.91 Å². The lowest BCUT2D eigenvalue weighted by atomic mass is 10.1. The van der Waals surface area contributed by atoms with E-state index in [1.165, 1.54) is 11.1 Å². The topological polar surface area (TPSA) is 41.6 Å². The van der Waals surface area contributed by atoms with Crippen molar-refractivity contribution in [3.05, 3.63) is 59.7 Å². The van der Waals surface area contributed by atoms with Crippen LogP contribution in [0.5, 0.6) is 0 Å². The largest absolute Gasteiger partial charge is 0.379 e. The summed E-state index contributed by atoms with van der Waals surface area (Å²) in [5, 5.41) is 2.93. The molecule has 0 aliphatic carbocycles. The van der Waals surface area contributed by atoms with Crippen LogP contribution in [0, 0.1) is 0 Å². The lowest BCUT2D eigenvalue weighted by molar-refractivity contribution is -0.116. The summed E-state index contributed by atoms with van der Waals surface area (Å²) >= 11 is 0. The third-order valence-electron chi connectivity index (χ3n) is 3.62. The lowest BCUT2D eigenvalue weighted by Gasteiger charge is -2.27. The first-order chi connectivity index (χ1) is 10.8. The maximum absolute atomic E-state index is 11.7. The van der Waals surface area contributed by atoms with E-state index in [0.29, 0.717) is 6.54 Å². The molecule has 1 saturated heterocycles. The summed E-state index contributed by atoms with van der Waals surface area (Å²) < 4.78 is 5.38. The molecule has 1 amide bonds. The smallest absolute Gasteiger partial charge is 0.244 e. The Hall–Kier alpha value is -1.91. The molecule has 1 aromatic rings. The number of morpholine rings is 1. The molecule has 2 rings (SSSR count). The fraction of sp³-hybridized carbons (Fsp3) is 0.389.